The summed E-state index contributed by atoms with van der Waals surface area (Å²) in [7, 11) is 0. The Bertz CT molecular complexity index is 475. The summed E-state index contributed by atoms with van der Waals surface area (Å²) in [6, 6.07) is 6.04. The van der Waals surface area contributed by atoms with Gasteiger partial charge in [0.2, 0.25) is 0 Å². The molecule has 0 radical (unpaired) electrons. The molecule has 0 atom stereocenters. The van der Waals surface area contributed by atoms with Crippen molar-refractivity contribution in [3.63, 3.8) is 0 Å². The molecule has 0 spiro atoms. The zero-order valence-corrected chi connectivity index (χ0v) is 10.3. The topological polar surface area (TPSA) is 54.3 Å². The lowest BCUT2D eigenvalue weighted by Crippen LogP contribution is -2.29. The number of rotatable bonds is 2. The van der Waals surface area contributed by atoms with E-state index in [2.05, 4.69) is 11.4 Å². The monoisotopic (exact) mass is 232 g/mol. The fourth-order valence-electron chi connectivity index (χ4n) is 1.69. The number of benzene rings is 1. The highest BCUT2D eigenvalue weighted by atomic mass is 16.6. The average molecular weight is 232 g/mol. The standard InChI is InChI=1S/C13H16N2O2/c1-9-6-11-12(17-5-4-16-11)7-10(9)15-13(2,3)8-14/h6-7,15H,4-5H2,1-3H3. The highest BCUT2D eigenvalue weighted by Gasteiger charge is 2.20. The van der Waals surface area contributed by atoms with Crippen molar-refractivity contribution in [1.82, 2.24) is 0 Å². The maximum absolute atomic E-state index is 9.02. The van der Waals surface area contributed by atoms with E-state index in [-0.39, 0.29) is 0 Å². The van der Waals surface area contributed by atoms with E-state index in [0.29, 0.717) is 13.2 Å². The maximum Gasteiger partial charge on any atom is 0.163 e. The molecule has 4 nitrogen and oxygen atoms in total. The molecule has 1 aliphatic heterocycles. The summed E-state index contributed by atoms with van der Waals surface area (Å²) < 4.78 is 11.0. The van der Waals surface area contributed by atoms with E-state index in [0.717, 1.165) is 22.7 Å². The van der Waals surface area contributed by atoms with E-state index in [9.17, 15) is 0 Å². The van der Waals surface area contributed by atoms with Crippen LogP contribution in [0, 0.1) is 18.3 Å². The predicted octanol–water partition coefficient (Wildman–Crippen LogP) is 2.48. The van der Waals surface area contributed by atoms with Gasteiger partial charge in [-0.15, -0.1) is 0 Å². The second-order valence-electron chi connectivity index (χ2n) is 4.67. The van der Waals surface area contributed by atoms with Gasteiger partial charge in [0.05, 0.1) is 6.07 Å². The third-order valence-corrected chi connectivity index (χ3v) is 2.62. The lowest BCUT2D eigenvalue weighted by atomic mass is 10.1. The Morgan fingerprint density at radius 3 is 2.41 bits per heavy atom. The highest BCUT2D eigenvalue weighted by Crippen LogP contribution is 2.36. The van der Waals surface area contributed by atoms with E-state index in [1.807, 2.05) is 32.9 Å². The van der Waals surface area contributed by atoms with E-state index in [4.69, 9.17) is 14.7 Å². The number of anilines is 1. The van der Waals surface area contributed by atoms with Gasteiger partial charge in [0.15, 0.2) is 11.5 Å². The van der Waals surface area contributed by atoms with Gasteiger partial charge in [-0.2, -0.15) is 5.26 Å². The van der Waals surface area contributed by atoms with Gasteiger partial charge in [0.1, 0.15) is 18.8 Å². The smallest absolute Gasteiger partial charge is 0.163 e. The first-order valence-electron chi connectivity index (χ1n) is 5.61. The minimum Gasteiger partial charge on any atom is -0.486 e. The van der Waals surface area contributed by atoms with E-state index >= 15 is 0 Å². The van der Waals surface area contributed by atoms with Crippen LogP contribution in [-0.2, 0) is 0 Å². The molecule has 2 rings (SSSR count). The van der Waals surface area contributed by atoms with E-state index < -0.39 is 5.54 Å². The molecule has 0 bridgehead atoms. The maximum atomic E-state index is 9.02. The van der Waals surface area contributed by atoms with Crippen molar-refractivity contribution in [3.05, 3.63) is 17.7 Å². The second kappa shape index (κ2) is 4.17. The first-order valence-corrected chi connectivity index (χ1v) is 5.61. The van der Waals surface area contributed by atoms with Crippen molar-refractivity contribution in [2.45, 2.75) is 26.3 Å². The van der Waals surface area contributed by atoms with E-state index in [1.54, 1.807) is 0 Å². The third kappa shape index (κ3) is 2.44. The molecule has 4 heteroatoms. The molecule has 1 aromatic rings. The highest BCUT2D eigenvalue weighted by molar-refractivity contribution is 5.62. The molecule has 17 heavy (non-hydrogen) atoms. The van der Waals surface area contributed by atoms with Crippen molar-refractivity contribution in [1.29, 1.82) is 5.26 Å². The predicted molar refractivity (Wildman–Crippen MR) is 65.5 cm³/mol. The SMILES string of the molecule is Cc1cc2c(cc1NC(C)(C)C#N)OCCO2. The fourth-order valence-corrected chi connectivity index (χ4v) is 1.69. The summed E-state index contributed by atoms with van der Waals surface area (Å²) in [5.74, 6) is 1.51. The lowest BCUT2D eigenvalue weighted by Gasteiger charge is -2.24. The van der Waals surface area contributed by atoms with Gasteiger partial charge in [-0.25, -0.2) is 0 Å². The molecule has 0 aliphatic carbocycles. The van der Waals surface area contributed by atoms with E-state index in [1.165, 1.54) is 0 Å². The Kier molecular flexibility index (Phi) is 2.84. The molecule has 1 aromatic carbocycles. The first kappa shape index (κ1) is 11.6. The van der Waals surface area contributed by atoms with Gasteiger partial charge < -0.3 is 14.8 Å². The summed E-state index contributed by atoms with van der Waals surface area (Å²) in [4.78, 5) is 0. The number of fused-ring (bicyclic) bond motifs is 1. The first-order chi connectivity index (χ1) is 8.02. The number of aryl methyl sites for hydroxylation is 1. The molecular formula is C13H16N2O2. The number of nitrogens with zero attached hydrogens (tertiary/aromatic N) is 1. The number of hydrogen-bond acceptors (Lipinski definition) is 4. The molecule has 0 aromatic heterocycles. The molecule has 90 valence electrons. The Morgan fingerprint density at radius 1 is 1.24 bits per heavy atom. The quantitative estimate of drug-likeness (QED) is 0.851. The van der Waals surface area contributed by atoms with Crippen LogP contribution in [0.5, 0.6) is 11.5 Å². The van der Waals surface area contributed by atoms with Crippen molar-refractivity contribution >= 4 is 5.69 Å². The van der Waals surface area contributed by atoms with Crippen LogP contribution in [0.15, 0.2) is 12.1 Å². The van der Waals surface area contributed by atoms with Crippen molar-refractivity contribution < 1.29 is 9.47 Å². The molecule has 1 heterocycles. The Morgan fingerprint density at radius 2 is 1.82 bits per heavy atom. The van der Waals surface area contributed by atoms with Crippen LogP contribution in [0.3, 0.4) is 0 Å². The second-order valence-corrected chi connectivity index (χ2v) is 4.67. The van der Waals surface area contributed by atoms with Crippen LogP contribution in [0.2, 0.25) is 0 Å². The number of ether oxygens (including phenoxy) is 2. The molecule has 1 N–H and O–H groups in total. The van der Waals surface area contributed by atoms with Crippen LogP contribution in [-0.4, -0.2) is 18.8 Å². The number of hydrogen-bond donors (Lipinski definition) is 1. The summed E-state index contributed by atoms with van der Waals surface area (Å²) in [6.45, 7) is 6.81. The zero-order valence-electron chi connectivity index (χ0n) is 10.3. The van der Waals surface area contributed by atoms with Crippen molar-refractivity contribution in [2.75, 3.05) is 18.5 Å². The van der Waals surface area contributed by atoms with Crippen LogP contribution in [0.1, 0.15) is 19.4 Å². The summed E-state index contributed by atoms with van der Waals surface area (Å²) in [5.41, 5.74) is 1.34. The van der Waals surface area contributed by atoms with Gasteiger partial charge in [-0.1, -0.05) is 0 Å². The van der Waals surface area contributed by atoms with Gasteiger partial charge in [-0.05, 0) is 32.4 Å². The molecule has 0 amide bonds. The zero-order chi connectivity index (χ0) is 12.5. The van der Waals surface area contributed by atoms with Crippen LogP contribution < -0.4 is 14.8 Å². The third-order valence-electron chi connectivity index (χ3n) is 2.62. The van der Waals surface area contributed by atoms with Crippen LogP contribution in [0.4, 0.5) is 5.69 Å². The Hall–Kier alpha value is -1.89. The molecule has 0 saturated carbocycles. The summed E-state index contributed by atoms with van der Waals surface area (Å²) in [5, 5.41) is 12.2. The van der Waals surface area contributed by atoms with Crippen molar-refractivity contribution in [3.8, 4) is 17.6 Å². The lowest BCUT2D eigenvalue weighted by molar-refractivity contribution is 0.171. The van der Waals surface area contributed by atoms with Gasteiger partial charge in [0, 0.05) is 11.8 Å². The molecule has 0 saturated heterocycles. The Balaban J connectivity index is 2.33. The summed E-state index contributed by atoms with van der Waals surface area (Å²) >= 11 is 0. The van der Waals surface area contributed by atoms with Gasteiger partial charge in [0.25, 0.3) is 0 Å². The summed E-state index contributed by atoms with van der Waals surface area (Å²) in [6.07, 6.45) is 0. The number of nitrogens with one attached hydrogen (secondary N) is 1. The minimum absolute atomic E-state index is 0.567. The molecule has 0 unspecified atom stereocenters. The Labute approximate surface area is 101 Å². The molecular weight excluding hydrogens is 216 g/mol. The fraction of sp³-hybridized carbons (Fsp3) is 0.462. The largest absolute Gasteiger partial charge is 0.486 e. The van der Waals surface area contributed by atoms with Crippen LogP contribution in [0.25, 0.3) is 0 Å². The normalized spacial score (nSPS) is 14.0. The van der Waals surface area contributed by atoms with Gasteiger partial charge in [-0.3, -0.25) is 0 Å². The molecule has 1 aliphatic rings. The number of nitriles is 1. The molecule has 0 fully saturated rings. The van der Waals surface area contributed by atoms with Gasteiger partial charge >= 0.3 is 0 Å². The minimum atomic E-state index is -0.603. The average Bonchev–Trinajstić information content (AvgIpc) is 2.30. The van der Waals surface area contributed by atoms with Crippen LogP contribution >= 0.6 is 0 Å². The van der Waals surface area contributed by atoms with Crippen molar-refractivity contribution in [2.24, 2.45) is 0 Å².